The zero-order valence-electron chi connectivity index (χ0n) is 27.7. The summed E-state index contributed by atoms with van der Waals surface area (Å²) >= 11 is 0. The molecule has 0 atom stereocenters. The summed E-state index contributed by atoms with van der Waals surface area (Å²) < 4.78 is 67.1. The molecule has 0 aliphatic rings. The molecular weight excluding hydrogens is 398 g/mol. The Morgan fingerprint density at radius 1 is 0.818 bits per heavy atom. The van der Waals surface area contributed by atoms with Crippen LogP contribution in [0.5, 0.6) is 0 Å². The molecule has 168 valence electrons. The number of nitrogens with zero attached hydrogens (tertiary/aromatic N) is 1. The molecule has 1 nitrogen and oxygen atoms in total. The minimum Gasteiger partial charge on any atom is -0.256 e. The van der Waals surface area contributed by atoms with Crippen molar-refractivity contribution in [2.45, 2.75) is 54.2 Å². The standard InChI is InChI=1S/C32H35N/c1-7-32(5,6)20-25-13-15-26(16-14-25)28-17-22(2)31(23(3)18-28)29-19-30(33-21-24(29)4)27-11-9-8-10-12-27/h8-19,21H,7,20H2,1-6H3/i2D3,4D3,20D2. The highest BCUT2D eigenvalue weighted by Gasteiger charge is 2.16. The van der Waals surface area contributed by atoms with Crippen LogP contribution in [-0.2, 0) is 6.37 Å². The molecule has 0 spiro atoms. The molecule has 0 saturated heterocycles. The minimum absolute atomic E-state index is 0.0105. The van der Waals surface area contributed by atoms with Crippen LogP contribution in [0.3, 0.4) is 0 Å². The van der Waals surface area contributed by atoms with Crippen LogP contribution in [0.4, 0.5) is 0 Å². The average Bonchev–Trinajstić information content (AvgIpc) is 2.91. The van der Waals surface area contributed by atoms with Crippen LogP contribution in [0.1, 0.15) is 60.4 Å². The predicted octanol–water partition coefficient (Wildman–Crippen LogP) is 8.99. The van der Waals surface area contributed by atoms with Crippen molar-refractivity contribution in [3.8, 4) is 33.5 Å². The van der Waals surface area contributed by atoms with Gasteiger partial charge in [-0.25, -0.2) is 0 Å². The summed E-state index contributed by atoms with van der Waals surface area (Å²) in [4.78, 5) is 4.41. The van der Waals surface area contributed by atoms with Crippen molar-refractivity contribution in [2.75, 3.05) is 0 Å². The molecule has 0 amide bonds. The third-order valence-corrected chi connectivity index (χ3v) is 6.16. The summed E-state index contributed by atoms with van der Waals surface area (Å²) in [5.41, 5.74) is 4.08. The molecule has 3 aromatic carbocycles. The fraction of sp³-hybridized carbons (Fsp3) is 0.281. The number of aromatic nitrogens is 1. The highest BCUT2D eigenvalue weighted by molar-refractivity contribution is 5.80. The summed E-state index contributed by atoms with van der Waals surface area (Å²) in [6.07, 6.45) is 0.447. The van der Waals surface area contributed by atoms with Crippen LogP contribution in [0.25, 0.3) is 33.5 Å². The molecule has 1 heterocycles. The Morgan fingerprint density at radius 2 is 1.52 bits per heavy atom. The first-order valence-electron chi connectivity index (χ1n) is 15.3. The van der Waals surface area contributed by atoms with E-state index in [1.807, 2.05) is 69.3 Å². The number of aryl methyl sites for hydroxylation is 3. The number of benzene rings is 3. The molecule has 1 aromatic heterocycles. The zero-order valence-corrected chi connectivity index (χ0v) is 19.7. The molecule has 0 saturated carbocycles. The van der Waals surface area contributed by atoms with Crippen molar-refractivity contribution in [1.82, 2.24) is 4.98 Å². The first-order valence-corrected chi connectivity index (χ1v) is 11.3. The zero-order chi connectivity index (χ0) is 30.4. The van der Waals surface area contributed by atoms with Crippen molar-refractivity contribution < 1.29 is 11.0 Å². The van der Waals surface area contributed by atoms with Crippen molar-refractivity contribution in [1.29, 1.82) is 0 Å². The lowest BCUT2D eigenvalue weighted by Crippen LogP contribution is -2.13. The first-order chi connectivity index (χ1) is 19.0. The Bertz CT molecular complexity index is 1530. The van der Waals surface area contributed by atoms with Gasteiger partial charge in [-0.1, -0.05) is 93.9 Å². The summed E-state index contributed by atoms with van der Waals surface area (Å²) in [7, 11) is 0. The molecule has 0 radical (unpaired) electrons. The highest BCUT2D eigenvalue weighted by atomic mass is 14.7. The Balaban J connectivity index is 1.91. The van der Waals surface area contributed by atoms with Gasteiger partial charge in [-0.3, -0.25) is 4.98 Å². The summed E-state index contributed by atoms with van der Waals surface area (Å²) in [5, 5.41) is 0. The van der Waals surface area contributed by atoms with Crippen LogP contribution < -0.4 is 0 Å². The summed E-state index contributed by atoms with van der Waals surface area (Å²) in [6.45, 7) is 2.53. The van der Waals surface area contributed by atoms with Gasteiger partial charge < -0.3 is 0 Å². The predicted molar refractivity (Wildman–Crippen MR) is 143 cm³/mol. The first kappa shape index (κ1) is 14.9. The number of hydrogen-bond donors (Lipinski definition) is 0. The Morgan fingerprint density at radius 3 is 2.18 bits per heavy atom. The van der Waals surface area contributed by atoms with E-state index >= 15 is 0 Å². The molecular formula is C32H35N. The van der Waals surface area contributed by atoms with Gasteiger partial charge in [0.05, 0.1) is 5.69 Å². The van der Waals surface area contributed by atoms with E-state index in [-0.39, 0.29) is 11.1 Å². The second kappa shape index (κ2) is 9.35. The third kappa shape index (κ3) is 5.09. The van der Waals surface area contributed by atoms with Crippen LogP contribution >= 0.6 is 0 Å². The molecule has 0 N–H and O–H groups in total. The molecule has 0 aliphatic heterocycles. The van der Waals surface area contributed by atoms with E-state index < -0.39 is 25.5 Å². The maximum Gasteiger partial charge on any atom is 0.0708 e. The number of rotatable bonds is 6. The highest BCUT2D eigenvalue weighted by Crippen LogP contribution is 2.36. The van der Waals surface area contributed by atoms with Crippen LogP contribution in [-0.4, -0.2) is 4.98 Å². The van der Waals surface area contributed by atoms with Gasteiger partial charge in [0, 0.05) is 22.7 Å². The second-order valence-corrected chi connectivity index (χ2v) is 9.14. The van der Waals surface area contributed by atoms with Gasteiger partial charge in [0.2, 0.25) is 0 Å². The quantitative estimate of drug-likeness (QED) is 0.291. The molecule has 4 rings (SSSR count). The Kier molecular flexibility index (Phi) is 4.21. The van der Waals surface area contributed by atoms with Gasteiger partial charge in [-0.2, -0.15) is 0 Å². The van der Waals surface area contributed by atoms with E-state index in [0.717, 1.165) is 11.1 Å². The maximum absolute atomic E-state index is 8.71. The summed E-state index contributed by atoms with van der Waals surface area (Å²) in [5.74, 6) is 0. The molecule has 0 bridgehead atoms. The van der Waals surface area contributed by atoms with Crippen LogP contribution in [0.2, 0.25) is 0 Å². The molecule has 0 aliphatic carbocycles. The average molecular weight is 442 g/mol. The van der Waals surface area contributed by atoms with Crippen molar-refractivity contribution >= 4 is 0 Å². The smallest absolute Gasteiger partial charge is 0.0708 e. The van der Waals surface area contributed by atoms with Gasteiger partial charge in [-0.15, -0.1) is 0 Å². The lowest BCUT2D eigenvalue weighted by molar-refractivity contribution is 0.349. The van der Waals surface area contributed by atoms with Crippen LogP contribution in [0, 0.1) is 26.0 Å². The molecule has 33 heavy (non-hydrogen) atoms. The van der Waals surface area contributed by atoms with Gasteiger partial charge in [0.1, 0.15) is 0 Å². The van der Waals surface area contributed by atoms with Gasteiger partial charge in [0.25, 0.3) is 0 Å². The van der Waals surface area contributed by atoms with Gasteiger partial charge >= 0.3 is 0 Å². The van der Waals surface area contributed by atoms with Crippen molar-refractivity contribution in [3.05, 3.63) is 101 Å². The van der Waals surface area contributed by atoms with Gasteiger partial charge in [0.15, 0.2) is 0 Å². The number of pyridine rings is 1. The molecule has 0 fully saturated rings. The Hall–Kier alpha value is -3.19. The van der Waals surface area contributed by atoms with Crippen molar-refractivity contribution in [3.63, 3.8) is 0 Å². The maximum atomic E-state index is 8.71. The Labute approximate surface area is 210 Å². The fourth-order valence-electron chi connectivity index (χ4n) is 3.97. The topological polar surface area (TPSA) is 12.9 Å². The minimum atomic E-state index is -2.53. The molecule has 4 aromatic rings. The van der Waals surface area contributed by atoms with Crippen molar-refractivity contribution in [2.24, 2.45) is 5.41 Å². The van der Waals surface area contributed by atoms with E-state index in [1.54, 1.807) is 31.2 Å². The lowest BCUT2D eigenvalue weighted by atomic mass is 9.83. The van der Waals surface area contributed by atoms with Crippen LogP contribution in [0.15, 0.2) is 79.0 Å². The van der Waals surface area contributed by atoms with Gasteiger partial charge in [-0.05, 0) is 83.0 Å². The summed E-state index contributed by atoms with van der Waals surface area (Å²) in [6, 6.07) is 21.6. The van der Waals surface area contributed by atoms with E-state index in [0.29, 0.717) is 39.9 Å². The molecule has 1 heteroatoms. The monoisotopic (exact) mass is 441 g/mol. The van der Waals surface area contributed by atoms with E-state index in [1.165, 1.54) is 6.20 Å². The van der Waals surface area contributed by atoms with E-state index in [2.05, 4.69) is 4.98 Å². The largest absolute Gasteiger partial charge is 0.256 e. The van der Waals surface area contributed by atoms with E-state index in [4.69, 9.17) is 11.0 Å². The fourth-order valence-corrected chi connectivity index (χ4v) is 3.97. The molecule has 0 unspecified atom stereocenters. The third-order valence-electron chi connectivity index (χ3n) is 6.16. The lowest BCUT2D eigenvalue weighted by Gasteiger charge is -2.22. The SMILES string of the molecule is [2H]C([2H])([2H])c1cnc(-c2ccccc2)cc1-c1c(C)cc(-c2ccc(C([2H])([2H])C(C)(C)CC)cc2)cc1C([2H])([2H])[2H]. The number of hydrogen-bond acceptors (Lipinski definition) is 1. The normalized spacial score (nSPS) is 16.4. The van der Waals surface area contributed by atoms with E-state index in [9.17, 15) is 0 Å². The second-order valence-electron chi connectivity index (χ2n) is 9.14.